The summed E-state index contributed by atoms with van der Waals surface area (Å²) in [6.45, 7) is 0.0811. The van der Waals surface area contributed by atoms with E-state index in [-0.39, 0.29) is 18.5 Å². The van der Waals surface area contributed by atoms with E-state index in [0.717, 1.165) is 5.56 Å². The molecule has 0 aliphatic heterocycles. The highest BCUT2D eigenvalue weighted by Crippen LogP contribution is 2.12. The molecule has 0 bridgehead atoms. The Morgan fingerprint density at radius 3 is 2.31 bits per heavy atom. The highest BCUT2D eigenvalue weighted by atomic mass is 16.5. The van der Waals surface area contributed by atoms with Crippen molar-refractivity contribution in [3.8, 4) is 5.75 Å². The first-order valence-electron chi connectivity index (χ1n) is 7.87. The second-order valence-corrected chi connectivity index (χ2v) is 5.45. The van der Waals surface area contributed by atoms with E-state index < -0.39 is 5.97 Å². The van der Waals surface area contributed by atoms with Gasteiger partial charge in [-0.3, -0.25) is 10.2 Å². The Hall–Kier alpha value is -3.55. The van der Waals surface area contributed by atoms with E-state index in [1.165, 1.54) is 0 Å². The molecule has 2 aromatic carbocycles. The minimum atomic E-state index is -1.03. The Balaban J connectivity index is 1.78. The Bertz CT molecular complexity index is 773. The summed E-state index contributed by atoms with van der Waals surface area (Å²) in [6.07, 6.45) is 0.634. The molecule has 0 saturated carbocycles. The number of anilines is 1. The summed E-state index contributed by atoms with van der Waals surface area (Å²) in [4.78, 5) is 22.5. The van der Waals surface area contributed by atoms with Crippen LogP contribution < -0.4 is 21.1 Å². The average molecular weight is 356 g/mol. The lowest BCUT2D eigenvalue weighted by Gasteiger charge is -2.08. The number of carboxylic acids is 1. The zero-order valence-electron chi connectivity index (χ0n) is 14.0. The third kappa shape index (κ3) is 6.16. The number of rotatable bonds is 8. The maximum absolute atomic E-state index is 12.1. The number of benzene rings is 2. The monoisotopic (exact) mass is 356 g/mol. The molecular weight excluding hydrogens is 336 g/mol. The number of nitrogens with two attached hydrogens (primary N) is 1. The molecule has 0 aliphatic rings. The van der Waals surface area contributed by atoms with Gasteiger partial charge < -0.3 is 26.2 Å². The lowest BCUT2D eigenvalue weighted by atomic mass is 10.1. The first-order chi connectivity index (χ1) is 12.4. The van der Waals surface area contributed by atoms with Gasteiger partial charge in [0.05, 0.1) is 0 Å². The number of hydrogen-bond donors (Lipinski definition) is 5. The first kappa shape index (κ1) is 18.8. The molecule has 0 radical (unpaired) electrons. The number of hydrogen-bond acceptors (Lipinski definition) is 4. The predicted molar refractivity (Wildman–Crippen MR) is 97.6 cm³/mol. The molecular formula is C18H20N4O4. The Labute approximate surface area is 150 Å². The molecule has 0 fully saturated rings. The minimum absolute atomic E-state index is 0.165. The van der Waals surface area contributed by atoms with Crippen LogP contribution in [-0.2, 0) is 11.2 Å². The lowest BCUT2D eigenvalue weighted by molar-refractivity contribution is -0.139. The van der Waals surface area contributed by atoms with Gasteiger partial charge in [0.1, 0.15) is 5.75 Å². The summed E-state index contributed by atoms with van der Waals surface area (Å²) in [5, 5.41) is 21.2. The molecule has 0 spiro atoms. The second kappa shape index (κ2) is 9.07. The van der Waals surface area contributed by atoms with Gasteiger partial charge in [-0.25, -0.2) is 4.79 Å². The fourth-order valence-corrected chi connectivity index (χ4v) is 2.18. The quantitative estimate of drug-likeness (QED) is 0.358. The Morgan fingerprint density at radius 1 is 1.08 bits per heavy atom. The molecule has 0 heterocycles. The molecule has 2 rings (SSSR count). The topological polar surface area (TPSA) is 138 Å². The number of carbonyl (C=O) groups is 2. The van der Waals surface area contributed by atoms with Crippen LogP contribution in [-0.4, -0.2) is 36.1 Å². The van der Waals surface area contributed by atoms with Crippen molar-refractivity contribution < 1.29 is 19.4 Å². The van der Waals surface area contributed by atoms with Crippen molar-refractivity contribution in [1.82, 2.24) is 5.32 Å². The van der Waals surface area contributed by atoms with Crippen LogP contribution in [0.15, 0.2) is 48.5 Å². The van der Waals surface area contributed by atoms with E-state index in [1.807, 2.05) is 12.1 Å². The molecule has 0 aromatic heterocycles. The lowest BCUT2D eigenvalue weighted by Crippen LogP contribution is -2.25. The van der Waals surface area contributed by atoms with E-state index in [9.17, 15) is 9.59 Å². The van der Waals surface area contributed by atoms with Crippen LogP contribution in [0.4, 0.5) is 5.69 Å². The van der Waals surface area contributed by atoms with Gasteiger partial charge in [-0.2, -0.15) is 0 Å². The van der Waals surface area contributed by atoms with Gasteiger partial charge in [-0.1, -0.05) is 12.1 Å². The van der Waals surface area contributed by atoms with E-state index in [1.54, 1.807) is 36.4 Å². The largest absolute Gasteiger partial charge is 0.482 e. The molecule has 0 saturated heterocycles. The molecule has 1 amide bonds. The Kier molecular flexibility index (Phi) is 6.55. The van der Waals surface area contributed by atoms with Crippen LogP contribution in [0.3, 0.4) is 0 Å². The van der Waals surface area contributed by atoms with Crippen molar-refractivity contribution in [2.24, 2.45) is 5.73 Å². The minimum Gasteiger partial charge on any atom is -0.482 e. The van der Waals surface area contributed by atoms with Crippen LogP contribution in [0, 0.1) is 5.41 Å². The third-order valence-electron chi connectivity index (χ3n) is 3.41. The highest BCUT2D eigenvalue weighted by molar-refractivity contribution is 5.95. The fraction of sp³-hybridized carbons (Fsp3) is 0.167. The van der Waals surface area contributed by atoms with Crippen LogP contribution in [0.2, 0.25) is 0 Å². The normalized spacial score (nSPS) is 10.0. The number of ether oxygens (including phenoxy) is 1. The highest BCUT2D eigenvalue weighted by Gasteiger charge is 2.05. The second-order valence-electron chi connectivity index (χ2n) is 5.45. The summed E-state index contributed by atoms with van der Waals surface area (Å²) in [6, 6.07) is 13.7. The number of amides is 1. The first-order valence-corrected chi connectivity index (χ1v) is 7.87. The van der Waals surface area contributed by atoms with Crippen molar-refractivity contribution in [3.05, 3.63) is 59.7 Å². The van der Waals surface area contributed by atoms with Gasteiger partial charge >= 0.3 is 5.97 Å². The zero-order chi connectivity index (χ0) is 18.9. The number of carboxylic acid groups (broad SMARTS) is 1. The van der Waals surface area contributed by atoms with Gasteiger partial charge in [0, 0.05) is 17.8 Å². The SMILES string of the molecule is N=C(N)Nc1ccc(C(=O)NCCc2ccc(OCC(=O)O)cc2)cc1. The molecule has 0 atom stereocenters. The molecule has 8 heteroatoms. The van der Waals surface area contributed by atoms with Crippen LogP contribution >= 0.6 is 0 Å². The Morgan fingerprint density at radius 2 is 1.73 bits per heavy atom. The summed E-state index contributed by atoms with van der Waals surface area (Å²) < 4.78 is 5.06. The van der Waals surface area contributed by atoms with Crippen LogP contribution in [0.1, 0.15) is 15.9 Å². The van der Waals surface area contributed by atoms with E-state index in [2.05, 4.69) is 10.6 Å². The maximum Gasteiger partial charge on any atom is 0.341 e. The van der Waals surface area contributed by atoms with Gasteiger partial charge in [0.2, 0.25) is 0 Å². The van der Waals surface area contributed by atoms with Gasteiger partial charge in [-0.05, 0) is 48.4 Å². The van der Waals surface area contributed by atoms with Gasteiger partial charge in [0.25, 0.3) is 5.91 Å². The predicted octanol–water partition coefficient (Wildman–Crippen LogP) is 1.43. The summed E-state index contributed by atoms with van der Waals surface area (Å²) in [5.74, 6) is -0.899. The summed E-state index contributed by atoms with van der Waals surface area (Å²) in [5.41, 5.74) is 7.38. The van der Waals surface area contributed by atoms with Gasteiger partial charge in [0.15, 0.2) is 12.6 Å². The van der Waals surface area contributed by atoms with Crippen LogP contribution in [0.5, 0.6) is 5.75 Å². The molecule has 0 unspecified atom stereocenters. The van der Waals surface area contributed by atoms with Crippen molar-refractivity contribution in [1.29, 1.82) is 5.41 Å². The maximum atomic E-state index is 12.1. The molecule has 2 aromatic rings. The van der Waals surface area contributed by atoms with E-state index >= 15 is 0 Å². The zero-order valence-corrected chi connectivity index (χ0v) is 14.0. The summed E-state index contributed by atoms with van der Waals surface area (Å²) in [7, 11) is 0. The number of guanidine groups is 1. The van der Waals surface area contributed by atoms with Crippen molar-refractivity contribution in [3.63, 3.8) is 0 Å². The van der Waals surface area contributed by atoms with Gasteiger partial charge in [-0.15, -0.1) is 0 Å². The molecule has 26 heavy (non-hydrogen) atoms. The molecule has 6 N–H and O–H groups in total. The number of nitrogens with one attached hydrogen (secondary N) is 3. The number of aliphatic carboxylic acids is 1. The van der Waals surface area contributed by atoms with Crippen molar-refractivity contribution in [2.45, 2.75) is 6.42 Å². The smallest absolute Gasteiger partial charge is 0.341 e. The van der Waals surface area contributed by atoms with Crippen molar-refractivity contribution in [2.75, 3.05) is 18.5 Å². The standard InChI is InChI=1S/C18H20N4O4/c19-18(20)22-14-5-3-13(4-6-14)17(25)21-10-9-12-1-7-15(8-2-12)26-11-16(23)24/h1-8H,9-11H2,(H,21,25)(H,23,24)(H4,19,20,22). The van der Waals surface area contributed by atoms with Crippen LogP contribution in [0.25, 0.3) is 0 Å². The summed E-state index contributed by atoms with van der Waals surface area (Å²) >= 11 is 0. The molecule has 136 valence electrons. The van der Waals surface area contributed by atoms with E-state index in [0.29, 0.717) is 30.0 Å². The third-order valence-corrected chi connectivity index (χ3v) is 3.41. The fourth-order valence-electron chi connectivity index (χ4n) is 2.18. The van der Waals surface area contributed by atoms with E-state index in [4.69, 9.17) is 21.0 Å². The average Bonchev–Trinajstić information content (AvgIpc) is 2.61. The molecule has 8 nitrogen and oxygen atoms in total. The molecule has 0 aliphatic carbocycles. The van der Waals surface area contributed by atoms with Crippen molar-refractivity contribution >= 4 is 23.5 Å². The number of carbonyl (C=O) groups excluding carboxylic acids is 1.